The van der Waals surface area contributed by atoms with E-state index in [9.17, 15) is 0 Å². The average Bonchev–Trinajstić information content (AvgIpc) is 1.64. The monoisotopic (exact) mass is 112 g/mol. The molecular formula is C7H12O. The van der Waals surface area contributed by atoms with Gasteiger partial charge < -0.3 is 5.11 Å². The quantitative estimate of drug-likeness (QED) is 0.534. The molecular weight excluding hydrogens is 100 g/mol. The van der Waals surface area contributed by atoms with Crippen LogP contribution in [-0.4, -0.2) is 11.7 Å². The zero-order chi connectivity index (χ0) is 5.98. The van der Waals surface area contributed by atoms with Crippen LogP contribution in [0.4, 0.5) is 0 Å². The lowest BCUT2D eigenvalue weighted by Gasteiger charge is -2.27. The zero-order valence-corrected chi connectivity index (χ0v) is 5.06. The maximum atomic E-state index is 8.46. The Morgan fingerprint density at radius 2 is 2.25 bits per heavy atom. The van der Waals surface area contributed by atoms with Crippen LogP contribution >= 0.6 is 0 Å². The molecule has 1 heteroatoms. The minimum absolute atomic E-state index is 0.345. The lowest BCUT2D eigenvalue weighted by Crippen LogP contribution is -2.14. The highest BCUT2D eigenvalue weighted by atomic mass is 16.3. The first-order valence-electron chi connectivity index (χ1n) is 3.10. The summed E-state index contributed by atoms with van der Waals surface area (Å²) in [5.74, 6) is 0.757. The van der Waals surface area contributed by atoms with Gasteiger partial charge in [0.15, 0.2) is 0 Å². The predicted molar refractivity (Wildman–Crippen MR) is 33.6 cm³/mol. The molecule has 0 amide bonds. The van der Waals surface area contributed by atoms with Gasteiger partial charge in [-0.1, -0.05) is 12.2 Å². The van der Waals surface area contributed by atoms with Crippen LogP contribution in [0.2, 0.25) is 0 Å². The molecule has 1 aliphatic carbocycles. The molecule has 0 bridgehead atoms. The van der Waals surface area contributed by atoms with Crippen LogP contribution in [0.3, 0.4) is 0 Å². The average molecular weight is 112 g/mol. The minimum Gasteiger partial charge on any atom is -0.396 e. The van der Waals surface area contributed by atoms with Crippen LogP contribution in [0.25, 0.3) is 0 Å². The summed E-state index contributed by atoms with van der Waals surface area (Å²) in [6, 6.07) is 0. The first kappa shape index (κ1) is 5.83. The molecule has 8 heavy (non-hydrogen) atoms. The molecule has 0 aliphatic heterocycles. The molecule has 0 heterocycles. The third kappa shape index (κ3) is 1.10. The summed E-state index contributed by atoms with van der Waals surface area (Å²) in [6.45, 7) is 4.16. The van der Waals surface area contributed by atoms with Gasteiger partial charge in [-0.25, -0.2) is 0 Å². The summed E-state index contributed by atoms with van der Waals surface area (Å²) in [5, 5.41) is 8.46. The summed E-state index contributed by atoms with van der Waals surface area (Å²) >= 11 is 0. The Morgan fingerprint density at radius 3 is 2.62 bits per heavy atom. The van der Waals surface area contributed by atoms with Crippen molar-refractivity contribution in [3.8, 4) is 0 Å². The van der Waals surface area contributed by atoms with Crippen molar-refractivity contribution < 1.29 is 5.11 Å². The van der Waals surface area contributed by atoms with E-state index >= 15 is 0 Å². The van der Waals surface area contributed by atoms with Gasteiger partial charge >= 0.3 is 0 Å². The van der Waals surface area contributed by atoms with Crippen molar-refractivity contribution in [2.75, 3.05) is 6.61 Å². The second-order valence-corrected chi connectivity index (χ2v) is 2.54. The van der Waals surface area contributed by atoms with Gasteiger partial charge in [0.2, 0.25) is 0 Å². The molecule has 1 fully saturated rings. The number of hydrogen-bond acceptors (Lipinski definition) is 1. The topological polar surface area (TPSA) is 20.2 Å². The Kier molecular flexibility index (Phi) is 1.69. The SMILES string of the molecule is C=C1CC(CCO)C1. The standard InChI is InChI=1S/C7H12O/c1-6-4-7(5-6)2-3-8/h7-8H,1-5H2. The summed E-state index contributed by atoms with van der Waals surface area (Å²) in [5.41, 5.74) is 1.35. The van der Waals surface area contributed by atoms with E-state index in [4.69, 9.17) is 5.11 Å². The number of aliphatic hydroxyl groups is 1. The van der Waals surface area contributed by atoms with Gasteiger partial charge in [0.25, 0.3) is 0 Å². The third-order valence-electron chi connectivity index (χ3n) is 1.69. The van der Waals surface area contributed by atoms with E-state index in [1.165, 1.54) is 5.57 Å². The van der Waals surface area contributed by atoms with Gasteiger partial charge in [0.1, 0.15) is 0 Å². The van der Waals surface area contributed by atoms with E-state index in [0.29, 0.717) is 6.61 Å². The lowest BCUT2D eigenvalue weighted by molar-refractivity contribution is 0.238. The molecule has 0 radical (unpaired) electrons. The number of rotatable bonds is 2. The zero-order valence-electron chi connectivity index (χ0n) is 5.06. The summed E-state index contributed by atoms with van der Waals surface area (Å²) in [7, 11) is 0. The summed E-state index contributed by atoms with van der Waals surface area (Å²) in [6.07, 6.45) is 3.28. The fraction of sp³-hybridized carbons (Fsp3) is 0.714. The molecule has 1 rings (SSSR count). The highest BCUT2D eigenvalue weighted by Gasteiger charge is 2.19. The van der Waals surface area contributed by atoms with Gasteiger partial charge in [-0.3, -0.25) is 0 Å². The van der Waals surface area contributed by atoms with Crippen molar-refractivity contribution in [2.45, 2.75) is 19.3 Å². The van der Waals surface area contributed by atoms with Crippen LogP contribution in [-0.2, 0) is 0 Å². The fourth-order valence-corrected chi connectivity index (χ4v) is 1.14. The molecule has 0 aromatic carbocycles. The molecule has 0 atom stereocenters. The number of aliphatic hydroxyl groups excluding tert-OH is 1. The maximum absolute atomic E-state index is 8.46. The summed E-state index contributed by atoms with van der Waals surface area (Å²) < 4.78 is 0. The van der Waals surface area contributed by atoms with Crippen molar-refractivity contribution in [3.63, 3.8) is 0 Å². The van der Waals surface area contributed by atoms with Crippen LogP contribution < -0.4 is 0 Å². The smallest absolute Gasteiger partial charge is 0.0433 e. The van der Waals surface area contributed by atoms with Gasteiger partial charge in [-0.15, -0.1) is 0 Å². The molecule has 1 nitrogen and oxygen atoms in total. The van der Waals surface area contributed by atoms with E-state index in [1.54, 1.807) is 0 Å². The molecule has 0 unspecified atom stereocenters. The fourth-order valence-electron chi connectivity index (χ4n) is 1.14. The molecule has 0 aromatic heterocycles. The molecule has 0 aromatic rings. The van der Waals surface area contributed by atoms with Crippen molar-refractivity contribution in [1.82, 2.24) is 0 Å². The third-order valence-corrected chi connectivity index (χ3v) is 1.69. The Labute approximate surface area is 50.0 Å². The lowest BCUT2D eigenvalue weighted by atomic mass is 9.79. The second-order valence-electron chi connectivity index (χ2n) is 2.54. The van der Waals surface area contributed by atoms with E-state index in [2.05, 4.69) is 6.58 Å². The molecule has 1 aliphatic rings. The summed E-state index contributed by atoms with van der Waals surface area (Å²) in [4.78, 5) is 0. The van der Waals surface area contributed by atoms with Gasteiger partial charge in [0, 0.05) is 6.61 Å². The first-order valence-corrected chi connectivity index (χ1v) is 3.10. The van der Waals surface area contributed by atoms with Crippen molar-refractivity contribution in [2.24, 2.45) is 5.92 Å². The van der Waals surface area contributed by atoms with Crippen molar-refractivity contribution in [3.05, 3.63) is 12.2 Å². The van der Waals surface area contributed by atoms with E-state index in [1.807, 2.05) is 0 Å². The Morgan fingerprint density at radius 1 is 1.62 bits per heavy atom. The van der Waals surface area contributed by atoms with Crippen LogP contribution in [0, 0.1) is 5.92 Å². The van der Waals surface area contributed by atoms with Gasteiger partial charge in [-0.2, -0.15) is 0 Å². The molecule has 1 saturated carbocycles. The predicted octanol–water partition coefficient (Wildman–Crippen LogP) is 1.33. The maximum Gasteiger partial charge on any atom is 0.0433 e. The molecule has 0 saturated heterocycles. The van der Waals surface area contributed by atoms with E-state index in [-0.39, 0.29) is 0 Å². The van der Waals surface area contributed by atoms with Crippen LogP contribution in [0.1, 0.15) is 19.3 Å². The Balaban J connectivity index is 2.06. The Hall–Kier alpha value is -0.300. The first-order chi connectivity index (χ1) is 3.83. The largest absolute Gasteiger partial charge is 0.396 e. The van der Waals surface area contributed by atoms with Gasteiger partial charge in [-0.05, 0) is 25.2 Å². The van der Waals surface area contributed by atoms with Crippen LogP contribution in [0.15, 0.2) is 12.2 Å². The van der Waals surface area contributed by atoms with Crippen molar-refractivity contribution >= 4 is 0 Å². The highest BCUT2D eigenvalue weighted by molar-refractivity contribution is 5.07. The van der Waals surface area contributed by atoms with Crippen LogP contribution in [0.5, 0.6) is 0 Å². The number of allylic oxidation sites excluding steroid dienone is 1. The van der Waals surface area contributed by atoms with Gasteiger partial charge in [0.05, 0.1) is 0 Å². The van der Waals surface area contributed by atoms with E-state index < -0.39 is 0 Å². The van der Waals surface area contributed by atoms with E-state index in [0.717, 1.165) is 25.2 Å². The Bertz CT molecular complexity index is 88.6. The molecule has 46 valence electrons. The normalized spacial score (nSPS) is 20.9. The minimum atomic E-state index is 0.345. The highest BCUT2D eigenvalue weighted by Crippen LogP contribution is 2.33. The van der Waals surface area contributed by atoms with Crippen molar-refractivity contribution in [1.29, 1.82) is 0 Å². The molecule has 1 N–H and O–H groups in total. The number of hydrogen-bond donors (Lipinski definition) is 1. The second kappa shape index (κ2) is 2.31. The molecule has 0 spiro atoms.